The number of unbranched alkanes of at least 4 members (excludes halogenated alkanes) is 1. The molecule has 2 unspecified atom stereocenters. The van der Waals surface area contributed by atoms with Gasteiger partial charge in [0.05, 0.1) is 6.04 Å². The molecule has 0 aliphatic rings. The lowest BCUT2D eigenvalue weighted by Crippen LogP contribution is -2.55. The van der Waals surface area contributed by atoms with Crippen LogP contribution < -0.4 is 22.5 Å². The van der Waals surface area contributed by atoms with Crippen LogP contribution in [-0.2, 0) is 14.4 Å². The van der Waals surface area contributed by atoms with E-state index in [-0.39, 0.29) is 30.5 Å². The maximum Gasteiger partial charge on any atom is 0.247 e. The summed E-state index contributed by atoms with van der Waals surface area (Å²) in [6, 6.07) is 8.84. The summed E-state index contributed by atoms with van der Waals surface area (Å²) in [7, 11) is 0. The van der Waals surface area contributed by atoms with E-state index < -0.39 is 29.2 Å². The lowest BCUT2D eigenvalue weighted by Gasteiger charge is -2.38. The minimum Gasteiger partial charge on any atom is -0.322 e. The van der Waals surface area contributed by atoms with E-state index in [1.165, 1.54) is 0 Å². The third-order valence-corrected chi connectivity index (χ3v) is 7.01. The maximum absolute atomic E-state index is 13.4. The highest BCUT2D eigenvalue weighted by Crippen LogP contribution is 2.41. The monoisotopic (exact) mass is 502 g/mol. The number of rotatable bonds is 17. The van der Waals surface area contributed by atoms with Crippen LogP contribution in [0, 0.1) is 23.2 Å². The highest BCUT2D eigenvalue weighted by molar-refractivity contribution is 6.08. The first-order chi connectivity index (χ1) is 17.2. The minimum absolute atomic E-state index is 0.123. The van der Waals surface area contributed by atoms with Gasteiger partial charge in [-0.3, -0.25) is 25.0 Å². The topological polar surface area (TPSA) is 148 Å². The molecule has 0 bridgehead atoms. The van der Waals surface area contributed by atoms with Crippen LogP contribution in [0.3, 0.4) is 0 Å². The number of ketones is 1. The molecule has 5 atom stereocenters. The maximum atomic E-state index is 13.4. The van der Waals surface area contributed by atoms with E-state index in [9.17, 15) is 19.6 Å². The highest BCUT2D eigenvalue weighted by Gasteiger charge is 2.48. The number of Topliss-reactive ketones (excluding diaryl/α,β-unsaturated/α-hetero) is 1. The standard InChI is InChI=1S/C28H46N4O4/c1-5-7-12-20(3)18-23(19-28(17-6-2,27(35)31-30)25(33)21(4)29)24(26(34)32-36)16-11-15-22-13-9-8-10-14-22/h8-11,13-15,20-21,23-24,36H,5-7,12,16-19,29-30H2,1-4H3,(H,31,35)(H,32,34)/b15-11+/t20?,21-,23-,24+,28?/m1/s1. The van der Waals surface area contributed by atoms with Gasteiger partial charge < -0.3 is 5.73 Å². The summed E-state index contributed by atoms with van der Waals surface area (Å²) < 4.78 is 0. The van der Waals surface area contributed by atoms with Crippen molar-refractivity contribution >= 4 is 23.7 Å². The summed E-state index contributed by atoms with van der Waals surface area (Å²) >= 11 is 0. The zero-order valence-corrected chi connectivity index (χ0v) is 22.3. The Morgan fingerprint density at radius 1 is 1.11 bits per heavy atom. The van der Waals surface area contributed by atoms with E-state index in [4.69, 9.17) is 11.6 Å². The van der Waals surface area contributed by atoms with Gasteiger partial charge in [-0.25, -0.2) is 11.3 Å². The molecule has 0 radical (unpaired) electrons. The van der Waals surface area contributed by atoms with Gasteiger partial charge in [-0.1, -0.05) is 88.9 Å². The van der Waals surface area contributed by atoms with Crippen LogP contribution >= 0.6 is 0 Å². The molecule has 202 valence electrons. The molecule has 1 aromatic carbocycles. The second-order valence-electron chi connectivity index (χ2n) is 10.0. The van der Waals surface area contributed by atoms with Gasteiger partial charge >= 0.3 is 0 Å². The Morgan fingerprint density at radius 3 is 2.31 bits per heavy atom. The number of allylic oxidation sites excluding steroid dienone is 1. The number of nitrogens with one attached hydrogen (secondary N) is 2. The number of hydrogen-bond donors (Lipinski definition) is 5. The first kappa shape index (κ1) is 31.5. The molecule has 1 aromatic rings. The van der Waals surface area contributed by atoms with Gasteiger partial charge in [0.15, 0.2) is 5.78 Å². The van der Waals surface area contributed by atoms with Crippen LogP contribution in [0.15, 0.2) is 36.4 Å². The molecule has 0 spiro atoms. The summed E-state index contributed by atoms with van der Waals surface area (Å²) in [6.07, 6.45) is 8.79. The van der Waals surface area contributed by atoms with Gasteiger partial charge in [-0.2, -0.15) is 0 Å². The average Bonchev–Trinajstić information content (AvgIpc) is 2.88. The van der Waals surface area contributed by atoms with Crippen LogP contribution in [0.1, 0.15) is 84.6 Å². The van der Waals surface area contributed by atoms with Crippen LogP contribution in [0.2, 0.25) is 0 Å². The van der Waals surface area contributed by atoms with Gasteiger partial charge in [-0.15, -0.1) is 0 Å². The SMILES string of the molecule is CCCCC(C)C[C@H](CC(CCC)(C(=O)NN)C(=O)[C@@H](C)N)[C@H](C/C=C/c1ccccc1)C(=O)NO. The number of carbonyl (C=O) groups is 3. The molecule has 0 saturated heterocycles. The van der Waals surface area contributed by atoms with Crippen LogP contribution in [-0.4, -0.2) is 28.8 Å². The first-order valence-corrected chi connectivity index (χ1v) is 13.1. The Hall–Kier alpha value is -2.55. The zero-order valence-electron chi connectivity index (χ0n) is 22.3. The molecule has 8 heteroatoms. The fourth-order valence-electron chi connectivity index (χ4n) is 5.18. The molecular formula is C28H46N4O4. The number of nitrogens with two attached hydrogens (primary N) is 2. The van der Waals surface area contributed by atoms with Gasteiger partial charge in [0.2, 0.25) is 11.8 Å². The normalized spacial score (nSPS) is 16.5. The molecule has 8 nitrogen and oxygen atoms in total. The second kappa shape index (κ2) is 16.2. The molecule has 0 aliphatic heterocycles. The van der Waals surface area contributed by atoms with Gasteiger partial charge in [-0.05, 0) is 50.0 Å². The summed E-state index contributed by atoms with van der Waals surface area (Å²) in [6.45, 7) is 7.70. The van der Waals surface area contributed by atoms with Crippen molar-refractivity contribution in [3.63, 3.8) is 0 Å². The van der Waals surface area contributed by atoms with Crippen molar-refractivity contribution in [2.24, 2.45) is 34.7 Å². The molecule has 0 fully saturated rings. The molecule has 0 heterocycles. The Bertz CT molecular complexity index is 843. The van der Waals surface area contributed by atoms with E-state index >= 15 is 0 Å². The van der Waals surface area contributed by atoms with Crippen molar-refractivity contribution in [3.8, 4) is 0 Å². The van der Waals surface area contributed by atoms with Gasteiger partial charge in [0.1, 0.15) is 5.41 Å². The lowest BCUT2D eigenvalue weighted by atomic mass is 9.65. The number of benzene rings is 1. The van der Waals surface area contributed by atoms with Crippen molar-refractivity contribution in [1.29, 1.82) is 0 Å². The van der Waals surface area contributed by atoms with Crippen LogP contribution in [0.4, 0.5) is 0 Å². The minimum atomic E-state index is -1.45. The van der Waals surface area contributed by atoms with Crippen molar-refractivity contribution in [2.45, 2.75) is 85.1 Å². The van der Waals surface area contributed by atoms with Crippen LogP contribution in [0.25, 0.3) is 6.08 Å². The molecular weight excluding hydrogens is 456 g/mol. The van der Waals surface area contributed by atoms with E-state index in [0.29, 0.717) is 19.3 Å². The Morgan fingerprint density at radius 2 is 1.78 bits per heavy atom. The molecule has 2 amide bonds. The predicted octanol–water partition coefficient (Wildman–Crippen LogP) is 4.13. The Balaban J connectivity index is 3.47. The van der Waals surface area contributed by atoms with E-state index in [1.54, 1.807) is 6.92 Å². The van der Waals surface area contributed by atoms with Gasteiger partial charge in [0.25, 0.3) is 0 Å². The molecule has 0 aromatic heterocycles. The van der Waals surface area contributed by atoms with Crippen molar-refractivity contribution in [3.05, 3.63) is 42.0 Å². The number of hydrogen-bond acceptors (Lipinski definition) is 6. The average molecular weight is 503 g/mol. The van der Waals surface area contributed by atoms with Gasteiger partial charge in [0, 0.05) is 5.92 Å². The zero-order chi connectivity index (χ0) is 27.1. The number of carbonyl (C=O) groups excluding carboxylic acids is 3. The number of hydroxylamine groups is 1. The van der Waals surface area contributed by atoms with E-state index in [2.05, 4.69) is 19.3 Å². The fraction of sp³-hybridized carbons (Fsp3) is 0.607. The predicted molar refractivity (Wildman–Crippen MR) is 143 cm³/mol. The summed E-state index contributed by atoms with van der Waals surface area (Å²) in [4.78, 5) is 39.5. The molecule has 0 saturated carbocycles. The van der Waals surface area contributed by atoms with Crippen molar-refractivity contribution in [2.75, 3.05) is 0 Å². The third kappa shape index (κ3) is 9.15. The summed E-state index contributed by atoms with van der Waals surface area (Å²) in [5, 5.41) is 9.59. The molecule has 0 aliphatic carbocycles. The molecule has 1 rings (SSSR count). The molecule has 7 N–H and O–H groups in total. The molecule has 36 heavy (non-hydrogen) atoms. The van der Waals surface area contributed by atoms with Crippen LogP contribution in [0.5, 0.6) is 0 Å². The number of hydrazine groups is 1. The Labute approximate surface area is 216 Å². The smallest absolute Gasteiger partial charge is 0.247 e. The third-order valence-electron chi connectivity index (χ3n) is 7.01. The Kier molecular flexibility index (Phi) is 14.2. The highest BCUT2D eigenvalue weighted by atomic mass is 16.5. The van der Waals surface area contributed by atoms with E-state index in [1.807, 2.05) is 54.9 Å². The lowest BCUT2D eigenvalue weighted by molar-refractivity contribution is -0.147. The van der Waals surface area contributed by atoms with Crippen molar-refractivity contribution in [1.82, 2.24) is 10.9 Å². The largest absolute Gasteiger partial charge is 0.322 e. The van der Waals surface area contributed by atoms with Crippen molar-refractivity contribution < 1.29 is 19.6 Å². The van der Waals surface area contributed by atoms with E-state index in [0.717, 1.165) is 24.8 Å². The second-order valence-corrected chi connectivity index (χ2v) is 10.0. The number of amides is 2. The summed E-state index contributed by atoms with van der Waals surface area (Å²) in [5.74, 6) is 3.29. The fourth-order valence-corrected chi connectivity index (χ4v) is 5.18. The summed E-state index contributed by atoms with van der Waals surface area (Å²) in [5.41, 5.74) is 9.53. The quantitative estimate of drug-likeness (QED) is 0.0711. The first-order valence-electron chi connectivity index (χ1n) is 13.1.